The number of imide groups is 1. The first-order chi connectivity index (χ1) is 14.1. The second kappa shape index (κ2) is 9.65. The molecule has 10 heteroatoms. The molecule has 0 unspecified atom stereocenters. The Bertz CT molecular complexity index is 830. The number of pyridine rings is 1. The number of carbonyl (C=O) groups is 2. The summed E-state index contributed by atoms with van der Waals surface area (Å²) in [7, 11) is -2.17. The summed E-state index contributed by atoms with van der Waals surface area (Å²) in [4.78, 5) is 30.3. The van der Waals surface area contributed by atoms with E-state index < -0.39 is 43.3 Å². The van der Waals surface area contributed by atoms with Crippen molar-refractivity contribution in [3.63, 3.8) is 0 Å². The molecule has 0 aliphatic rings. The number of anilines is 1. The summed E-state index contributed by atoms with van der Waals surface area (Å²) < 4.78 is 31.6. The van der Waals surface area contributed by atoms with Crippen LogP contribution < -0.4 is 4.90 Å². The van der Waals surface area contributed by atoms with Crippen LogP contribution in [0.4, 0.5) is 19.8 Å². The molecule has 0 spiro atoms. The molecule has 0 radical (unpaired) electrons. The molecule has 0 fully saturated rings. The summed E-state index contributed by atoms with van der Waals surface area (Å²) in [6, 6.07) is 0.996. The lowest BCUT2D eigenvalue weighted by Gasteiger charge is -2.36. The molecule has 1 aromatic heterocycles. The quantitative estimate of drug-likeness (QED) is 0.420. The van der Waals surface area contributed by atoms with E-state index in [0.717, 1.165) is 6.07 Å². The van der Waals surface area contributed by atoms with E-state index in [1.807, 2.05) is 0 Å². The van der Waals surface area contributed by atoms with Crippen LogP contribution in [0.3, 0.4) is 0 Å². The van der Waals surface area contributed by atoms with Gasteiger partial charge in [-0.2, -0.15) is 4.90 Å². The van der Waals surface area contributed by atoms with E-state index in [1.54, 1.807) is 41.5 Å². The Morgan fingerprint density at radius 2 is 1.44 bits per heavy atom. The summed E-state index contributed by atoms with van der Waals surface area (Å²) in [5.74, 6) is -1.53. The number of amides is 2. The van der Waals surface area contributed by atoms with Crippen molar-refractivity contribution >= 4 is 37.9 Å². The number of aromatic nitrogens is 1. The first-order valence-corrected chi connectivity index (χ1v) is 13.7. The number of nitrogens with zero attached hydrogens (tertiary/aromatic N) is 2. The predicted octanol–water partition coefficient (Wildman–Crippen LogP) is 7.07. The second-order valence-corrected chi connectivity index (χ2v) is 16.3. The van der Waals surface area contributed by atoms with Gasteiger partial charge in [0.15, 0.2) is 20.0 Å². The lowest BCUT2D eigenvalue weighted by Crippen LogP contribution is -2.44. The highest BCUT2D eigenvalue weighted by Gasteiger charge is 2.38. The highest BCUT2D eigenvalue weighted by Crippen LogP contribution is 2.37. The average Bonchev–Trinajstić information content (AvgIpc) is 2.51. The molecule has 0 aromatic carbocycles. The molecule has 182 valence electrons. The van der Waals surface area contributed by atoms with Crippen molar-refractivity contribution in [1.82, 2.24) is 4.98 Å². The zero-order valence-corrected chi connectivity index (χ0v) is 22.7. The van der Waals surface area contributed by atoms with Crippen LogP contribution in [0.25, 0.3) is 0 Å². The fraction of sp³-hybridized carbons (Fsp3) is 0.682. The van der Waals surface area contributed by atoms with Crippen LogP contribution in [-0.2, 0) is 20.5 Å². The van der Waals surface area contributed by atoms with Gasteiger partial charge in [-0.25, -0.2) is 19.0 Å². The summed E-state index contributed by atoms with van der Waals surface area (Å²) in [5, 5.41) is -0.0419. The summed E-state index contributed by atoms with van der Waals surface area (Å²) >= 11 is 6.20. The first-order valence-electron chi connectivity index (χ1n) is 10.4. The molecular weight excluding hydrogens is 455 g/mol. The Morgan fingerprint density at radius 1 is 1.00 bits per heavy atom. The van der Waals surface area contributed by atoms with Crippen LogP contribution in [0.1, 0.15) is 68.0 Å². The highest BCUT2D eigenvalue weighted by molar-refractivity contribution is 6.74. The van der Waals surface area contributed by atoms with Gasteiger partial charge in [0.2, 0.25) is 0 Å². The molecule has 0 saturated carbocycles. The normalized spacial score (nSPS) is 13.0. The van der Waals surface area contributed by atoms with Crippen molar-refractivity contribution in [2.45, 2.75) is 98.3 Å². The van der Waals surface area contributed by atoms with Gasteiger partial charge in [0.25, 0.3) is 0 Å². The fourth-order valence-corrected chi connectivity index (χ4v) is 3.20. The number of halogens is 2. The molecule has 1 heterocycles. The fourth-order valence-electron chi connectivity index (χ4n) is 2.08. The Balaban J connectivity index is 3.44. The third-order valence-electron chi connectivity index (χ3n) is 4.72. The average molecular weight is 491 g/mol. The van der Waals surface area contributed by atoms with Gasteiger partial charge in [0.1, 0.15) is 11.2 Å². The van der Waals surface area contributed by atoms with E-state index in [2.05, 4.69) is 38.8 Å². The van der Waals surface area contributed by atoms with Gasteiger partial charge in [0, 0.05) is 0 Å². The van der Waals surface area contributed by atoms with Gasteiger partial charge < -0.3 is 13.9 Å². The third kappa shape index (κ3) is 8.01. The van der Waals surface area contributed by atoms with Gasteiger partial charge >= 0.3 is 12.2 Å². The first kappa shape index (κ1) is 28.3. The molecule has 2 amide bonds. The van der Waals surface area contributed by atoms with Crippen LogP contribution >= 0.6 is 11.6 Å². The molecule has 32 heavy (non-hydrogen) atoms. The van der Waals surface area contributed by atoms with Gasteiger partial charge in [-0.1, -0.05) is 32.4 Å². The van der Waals surface area contributed by atoms with Crippen molar-refractivity contribution in [3.8, 4) is 0 Å². The topological polar surface area (TPSA) is 78.0 Å². The molecule has 0 aliphatic heterocycles. The molecule has 1 aromatic rings. The zero-order chi connectivity index (χ0) is 25.3. The number of hydrogen-bond donors (Lipinski definition) is 0. The van der Waals surface area contributed by atoms with Crippen molar-refractivity contribution in [2.75, 3.05) is 4.90 Å². The Labute approximate surface area is 196 Å². The number of hydrogen-bond acceptors (Lipinski definition) is 6. The lowest BCUT2D eigenvalue weighted by atomic mass is 10.2. The summed E-state index contributed by atoms with van der Waals surface area (Å²) in [6.45, 7) is 20.1. The lowest BCUT2D eigenvalue weighted by molar-refractivity contribution is 0.0427. The predicted molar refractivity (Wildman–Crippen MR) is 126 cm³/mol. The van der Waals surface area contributed by atoms with Gasteiger partial charge in [-0.15, -0.1) is 0 Å². The minimum absolute atomic E-state index is 0.000910. The summed E-state index contributed by atoms with van der Waals surface area (Å²) in [6.07, 6.45) is -2.23. The molecule has 1 rings (SSSR count). The standard InChI is InChI=1S/C22H36ClFN2O5Si/c1-20(2,3)30-18(27)26(19(28)31-21(4,5)6)17-15(24)12-14(23)16(25-17)13-29-32(10,11)22(7,8)9/h12H,13H2,1-11H3. The maximum atomic E-state index is 14.9. The van der Waals surface area contributed by atoms with Gasteiger partial charge in [-0.3, -0.25) is 0 Å². The number of rotatable bonds is 4. The molecule has 0 aliphatic carbocycles. The van der Waals surface area contributed by atoms with E-state index in [0.29, 0.717) is 4.90 Å². The minimum Gasteiger partial charge on any atom is -0.443 e. The molecule has 0 bridgehead atoms. The van der Waals surface area contributed by atoms with Crippen molar-refractivity contribution in [2.24, 2.45) is 0 Å². The van der Waals surface area contributed by atoms with E-state index in [9.17, 15) is 14.0 Å². The molecule has 0 N–H and O–H groups in total. The van der Waals surface area contributed by atoms with Crippen LogP contribution in [-0.4, -0.2) is 36.7 Å². The highest BCUT2D eigenvalue weighted by atomic mass is 35.5. The minimum atomic E-state index is -2.17. The largest absolute Gasteiger partial charge is 0.443 e. The number of ether oxygens (including phenoxy) is 2. The van der Waals surface area contributed by atoms with E-state index in [1.165, 1.54) is 0 Å². The van der Waals surface area contributed by atoms with Crippen molar-refractivity contribution in [3.05, 3.63) is 22.6 Å². The van der Waals surface area contributed by atoms with E-state index in [-0.39, 0.29) is 22.4 Å². The third-order valence-corrected chi connectivity index (χ3v) is 9.53. The second-order valence-electron chi connectivity index (χ2n) is 11.1. The maximum Gasteiger partial charge on any atom is 0.425 e. The monoisotopic (exact) mass is 490 g/mol. The molecule has 0 saturated heterocycles. The molecule has 0 atom stereocenters. The van der Waals surface area contributed by atoms with Crippen LogP contribution in [0.15, 0.2) is 6.07 Å². The SMILES string of the molecule is CC(C)(C)OC(=O)N(C(=O)OC(C)(C)C)c1nc(CO[Si](C)(C)C(C)(C)C)c(Cl)cc1F. The van der Waals surface area contributed by atoms with Crippen molar-refractivity contribution < 1.29 is 27.9 Å². The molecule has 7 nitrogen and oxygen atoms in total. The Hall–Kier alpha value is -1.71. The summed E-state index contributed by atoms with van der Waals surface area (Å²) in [5.41, 5.74) is -1.67. The van der Waals surface area contributed by atoms with E-state index in [4.69, 9.17) is 25.5 Å². The van der Waals surface area contributed by atoms with Crippen LogP contribution in [0, 0.1) is 5.82 Å². The van der Waals surface area contributed by atoms with E-state index >= 15 is 0 Å². The smallest absolute Gasteiger partial charge is 0.425 e. The molecular formula is C22H36ClFN2O5Si. The van der Waals surface area contributed by atoms with Gasteiger partial charge in [-0.05, 0) is 65.7 Å². The number of carbonyl (C=O) groups excluding carboxylic acids is 2. The Kier molecular flexibility index (Phi) is 8.54. The van der Waals surface area contributed by atoms with Gasteiger partial charge in [0.05, 0.1) is 17.3 Å². The zero-order valence-electron chi connectivity index (χ0n) is 21.0. The van der Waals surface area contributed by atoms with Crippen LogP contribution in [0.5, 0.6) is 0 Å². The van der Waals surface area contributed by atoms with Crippen molar-refractivity contribution in [1.29, 1.82) is 0 Å². The maximum absolute atomic E-state index is 14.9. The Morgan fingerprint density at radius 3 is 1.81 bits per heavy atom. The van der Waals surface area contributed by atoms with Crippen LogP contribution in [0.2, 0.25) is 23.2 Å².